The number of hydrogen-bond acceptors (Lipinski definition) is 3. The summed E-state index contributed by atoms with van der Waals surface area (Å²) < 4.78 is 0. The fourth-order valence-electron chi connectivity index (χ4n) is 1.67. The molecule has 0 aromatic heterocycles. The first-order valence-corrected chi connectivity index (χ1v) is 6.21. The molecule has 15 heavy (non-hydrogen) atoms. The molecule has 0 radical (unpaired) electrons. The molecule has 1 unspecified atom stereocenters. The van der Waals surface area contributed by atoms with Crippen molar-refractivity contribution >= 4 is 0 Å². The van der Waals surface area contributed by atoms with Crippen molar-refractivity contribution in [3.05, 3.63) is 0 Å². The van der Waals surface area contributed by atoms with E-state index in [1.54, 1.807) is 0 Å². The van der Waals surface area contributed by atoms with E-state index in [1.165, 1.54) is 25.7 Å². The van der Waals surface area contributed by atoms with Crippen molar-refractivity contribution in [2.24, 2.45) is 0 Å². The molecule has 0 aromatic rings. The third kappa shape index (κ3) is 11.8. The monoisotopic (exact) mass is 218 g/mol. The van der Waals surface area contributed by atoms with Gasteiger partial charge in [0, 0.05) is 13.2 Å². The van der Waals surface area contributed by atoms with Crippen LogP contribution in [0.5, 0.6) is 0 Å². The van der Waals surface area contributed by atoms with E-state index >= 15 is 0 Å². The first-order chi connectivity index (χ1) is 7.31. The topological polar surface area (TPSA) is 60.7 Å². The zero-order valence-corrected chi connectivity index (χ0v) is 9.70. The maximum Gasteiger partial charge on any atom is 0.0562 e. The highest BCUT2D eigenvalue weighted by atomic mass is 16.3. The fraction of sp³-hybridized carbons (Fsp3) is 1.00. The summed E-state index contributed by atoms with van der Waals surface area (Å²) in [7, 11) is 0. The Balaban J connectivity index is 2.98. The van der Waals surface area contributed by atoms with E-state index in [9.17, 15) is 5.11 Å². The van der Waals surface area contributed by atoms with Crippen LogP contribution >= 0.6 is 0 Å². The number of aliphatic hydroxyl groups is 3. The SMILES string of the molecule is OCCCCCCCCCC(O)CCO. The third-order valence-corrected chi connectivity index (χ3v) is 2.66. The molecule has 0 fully saturated rings. The summed E-state index contributed by atoms with van der Waals surface area (Å²) in [6.45, 7) is 0.398. The van der Waals surface area contributed by atoms with Crippen molar-refractivity contribution < 1.29 is 15.3 Å². The Morgan fingerprint density at radius 1 is 0.600 bits per heavy atom. The predicted molar refractivity (Wildman–Crippen MR) is 61.7 cm³/mol. The zero-order valence-electron chi connectivity index (χ0n) is 9.70. The second kappa shape index (κ2) is 12.0. The summed E-state index contributed by atoms with van der Waals surface area (Å²) in [4.78, 5) is 0. The summed E-state index contributed by atoms with van der Waals surface area (Å²) in [6.07, 6.45) is 8.95. The predicted octanol–water partition coefficient (Wildman–Crippen LogP) is 1.84. The maximum absolute atomic E-state index is 9.33. The van der Waals surface area contributed by atoms with Crippen LogP contribution in [0.15, 0.2) is 0 Å². The Morgan fingerprint density at radius 3 is 1.67 bits per heavy atom. The van der Waals surface area contributed by atoms with E-state index in [0.717, 1.165) is 25.7 Å². The molecule has 0 aliphatic rings. The molecule has 3 nitrogen and oxygen atoms in total. The number of hydrogen-bond donors (Lipinski definition) is 3. The van der Waals surface area contributed by atoms with Crippen molar-refractivity contribution in [1.82, 2.24) is 0 Å². The lowest BCUT2D eigenvalue weighted by atomic mass is 10.1. The van der Waals surface area contributed by atoms with Gasteiger partial charge in [0.25, 0.3) is 0 Å². The Bertz CT molecular complexity index is 117. The maximum atomic E-state index is 9.33. The highest BCUT2D eigenvalue weighted by molar-refractivity contribution is 4.55. The van der Waals surface area contributed by atoms with Crippen LogP contribution in [0, 0.1) is 0 Å². The normalized spacial score (nSPS) is 13.0. The van der Waals surface area contributed by atoms with Gasteiger partial charge < -0.3 is 15.3 Å². The molecule has 0 aromatic carbocycles. The molecule has 1 atom stereocenters. The van der Waals surface area contributed by atoms with Crippen molar-refractivity contribution in [3.63, 3.8) is 0 Å². The van der Waals surface area contributed by atoms with Gasteiger partial charge in [0.2, 0.25) is 0 Å². The average Bonchev–Trinajstić information content (AvgIpc) is 2.22. The lowest BCUT2D eigenvalue weighted by molar-refractivity contribution is 0.122. The van der Waals surface area contributed by atoms with Crippen LogP contribution in [-0.2, 0) is 0 Å². The van der Waals surface area contributed by atoms with Crippen LogP contribution in [0.3, 0.4) is 0 Å². The van der Waals surface area contributed by atoms with Crippen LogP contribution < -0.4 is 0 Å². The van der Waals surface area contributed by atoms with E-state index in [-0.39, 0.29) is 12.7 Å². The van der Waals surface area contributed by atoms with E-state index < -0.39 is 0 Å². The summed E-state index contributed by atoms with van der Waals surface area (Å²) in [5, 5.41) is 26.5. The summed E-state index contributed by atoms with van der Waals surface area (Å²) in [5.74, 6) is 0. The first kappa shape index (κ1) is 14.9. The van der Waals surface area contributed by atoms with Crippen molar-refractivity contribution in [2.45, 2.75) is 63.9 Å². The first-order valence-electron chi connectivity index (χ1n) is 6.21. The fourth-order valence-corrected chi connectivity index (χ4v) is 1.67. The van der Waals surface area contributed by atoms with Gasteiger partial charge in [-0.3, -0.25) is 0 Å². The van der Waals surface area contributed by atoms with Gasteiger partial charge >= 0.3 is 0 Å². The molecule has 0 saturated carbocycles. The molecule has 0 aliphatic carbocycles. The second-order valence-electron chi connectivity index (χ2n) is 4.15. The van der Waals surface area contributed by atoms with E-state index in [0.29, 0.717) is 13.0 Å². The molecule has 0 bridgehead atoms. The van der Waals surface area contributed by atoms with Gasteiger partial charge in [-0.25, -0.2) is 0 Å². The lowest BCUT2D eigenvalue weighted by Crippen LogP contribution is -2.08. The summed E-state index contributed by atoms with van der Waals surface area (Å²) >= 11 is 0. The Morgan fingerprint density at radius 2 is 1.13 bits per heavy atom. The molecule has 0 rings (SSSR count). The van der Waals surface area contributed by atoms with Crippen molar-refractivity contribution in [2.75, 3.05) is 13.2 Å². The van der Waals surface area contributed by atoms with Crippen LogP contribution in [0.4, 0.5) is 0 Å². The van der Waals surface area contributed by atoms with Gasteiger partial charge in [-0.05, 0) is 19.3 Å². The van der Waals surface area contributed by atoms with Crippen LogP contribution in [0.2, 0.25) is 0 Å². The molecular formula is C12H26O3. The highest BCUT2D eigenvalue weighted by Crippen LogP contribution is 2.10. The van der Waals surface area contributed by atoms with Crippen molar-refractivity contribution in [1.29, 1.82) is 0 Å². The largest absolute Gasteiger partial charge is 0.396 e. The standard InChI is InChI=1S/C12H26O3/c13-10-7-5-3-1-2-4-6-8-12(15)9-11-14/h12-15H,1-11H2. The van der Waals surface area contributed by atoms with Gasteiger partial charge in [0.05, 0.1) is 6.10 Å². The van der Waals surface area contributed by atoms with Gasteiger partial charge in [0.1, 0.15) is 0 Å². The molecule has 0 spiro atoms. The van der Waals surface area contributed by atoms with Crippen LogP contribution in [0.25, 0.3) is 0 Å². The molecular weight excluding hydrogens is 192 g/mol. The second-order valence-corrected chi connectivity index (χ2v) is 4.15. The molecule has 0 heterocycles. The van der Waals surface area contributed by atoms with Gasteiger partial charge in [-0.15, -0.1) is 0 Å². The molecule has 3 heteroatoms. The van der Waals surface area contributed by atoms with Crippen molar-refractivity contribution in [3.8, 4) is 0 Å². The summed E-state index contributed by atoms with van der Waals surface area (Å²) in [6, 6.07) is 0. The van der Waals surface area contributed by atoms with Crippen LogP contribution in [-0.4, -0.2) is 34.6 Å². The molecule has 92 valence electrons. The molecule has 0 amide bonds. The van der Waals surface area contributed by atoms with E-state index in [1.807, 2.05) is 0 Å². The van der Waals surface area contributed by atoms with E-state index in [4.69, 9.17) is 10.2 Å². The van der Waals surface area contributed by atoms with E-state index in [2.05, 4.69) is 0 Å². The third-order valence-electron chi connectivity index (χ3n) is 2.66. The van der Waals surface area contributed by atoms with Gasteiger partial charge in [-0.2, -0.15) is 0 Å². The Hall–Kier alpha value is -0.120. The summed E-state index contributed by atoms with van der Waals surface area (Å²) in [5.41, 5.74) is 0. The minimum Gasteiger partial charge on any atom is -0.396 e. The van der Waals surface area contributed by atoms with Gasteiger partial charge in [0.15, 0.2) is 0 Å². The van der Waals surface area contributed by atoms with Crippen LogP contribution in [0.1, 0.15) is 57.8 Å². The number of unbranched alkanes of at least 4 members (excludes halogenated alkanes) is 6. The number of aliphatic hydroxyl groups excluding tert-OH is 3. The average molecular weight is 218 g/mol. The lowest BCUT2D eigenvalue weighted by Gasteiger charge is -2.07. The smallest absolute Gasteiger partial charge is 0.0562 e. The Labute approximate surface area is 93.1 Å². The Kier molecular flexibility index (Phi) is 11.9. The highest BCUT2D eigenvalue weighted by Gasteiger charge is 2.01. The van der Waals surface area contributed by atoms with Gasteiger partial charge in [-0.1, -0.05) is 38.5 Å². The molecule has 0 saturated heterocycles. The number of rotatable bonds is 11. The molecule has 0 aliphatic heterocycles. The minimum atomic E-state index is -0.315. The molecule has 3 N–H and O–H groups in total. The minimum absolute atomic E-state index is 0.0856. The quantitative estimate of drug-likeness (QED) is 0.464. The zero-order chi connectivity index (χ0) is 11.4.